The highest BCUT2D eigenvalue weighted by molar-refractivity contribution is 14.0. The minimum Gasteiger partial charge on any atom is -0.370 e. The molecule has 2 aliphatic rings. The normalized spacial score (nSPS) is 23.4. The van der Waals surface area contributed by atoms with E-state index in [1.54, 1.807) is 6.07 Å². The van der Waals surface area contributed by atoms with Gasteiger partial charge in [0, 0.05) is 26.2 Å². The fourth-order valence-electron chi connectivity index (χ4n) is 3.95. The van der Waals surface area contributed by atoms with Crippen LogP contribution < -0.4 is 5.32 Å². The second-order valence-electron chi connectivity index (χ2n) is 7.67. The van der Waals surface area contributed by atoms with Crippen molar-refractivity contribution >= 4 is 29.9 Å². The summed E-state index contributed by atoms with van der Waals surface area (Å²) in [5.74, 6) is 1.38. The third-order valence-electron chi connectivity index (χ3n) is 5.60. The molecule has 9 heteroatoms. The molecule has 0 aromatic heterocycles. The molecular weight excluding hydrogens is 508 g/mol. The van der Waals surface area contributed by atoms with Crippen molar-refractivity contribution < 1.29 is 17.9 Å². The summed E-state index contributed by atoms with van der Waals surface area (Å²) in [4.78, 5) is 9.38. The zero-order chi connectivity index (χ0) is 20.9. The van der Waals surface area contributed by atoms with Gasteiger partial charge in [0.1, 0.15) is 6.10 Å². The second kappa shape index (κ2) is 11.5. The molecule has 2 heterocycles. The van der Waals surface area contributed by atoms with E-state index >= 15 is 0 Å². The van der Waals surface area contributed by atoms with E-state index in [0.717, 1.165) is 51.2 Å². The first-order valence-electron chi connectivity index (χ1n) is 10.4. The number of benzene rings is 1. The summed E-state index contributed by atoms with van der Waals surface area (Å²) < 4.78 is 45.0. The van der Waals surface area contributed by atoms with Gasteiger partial charge in [-0.3, -0.25) is 4.99 Å². The van der Waals surface area contributed by atoms with Crippen molar-refractivity contribution in [2.24, 2.45) is 10.9 Å². The minimum atomic E-state index is -4.35. The van der Waals surface area contributed by atoms with E-state index in [1.807, 2.05) is 6.92 Å². The van der Waals surface area contributed by atoms with E-state index in [-0.39, 0.29) is 24.0 Å². The van der Waals surface area contributed by atoms with E-state index in [4.69, 9.17) is 9.73 Å². The third-order valence-corrected chi connectivity index (χ3v) is 5.60. The lowest BCUT2D eigenvalue weighted by Gasteiger charge is -2.35. The maximum atomic E-state index is 13.1. The van der Waals surface area contributed by atoms with Crippen LogP contribution in [0.4, 0.5) is 13.2 Å². The largest absolute Gasteiger partial charge is 0.416 e. The number of rotatable bonds is 5. The smallest absolute Gasteiger partial charge is 0.370 e. The van der Waals surface area contributed by atoms with Crippen molar-refractivity contribution in [2.45, 2.75) is 32.5 Å². The van der Waals surface area contributed by atoms with E-state index < -0.39 is 17.8 Å². The maximum Gasteiger partial charge on any atom is 0.416 e. The molecule has 0 radical (unpaired) electrons. The van der Waals surface area contributed by atoms with E-state index in [0.29, 0.717) is 31.2 Å². The lowest BCUT2D eigenvalue weighted by Crippen LogP contribution is -2.48. The van der Waals surface area contributed by atoms with Gasteiger partial charge < -0.3 is 19.9 Å². The fourth-order valence-corrected chi connectivity index (χ4v) is 3.95. The summed E-state index contributed by atoms with van der Waals surface area (Å²) in [6.45, 7) is 10.6. The monoisotopic (exact) mass is 540 g/mol. The number of alkyl halides is 3. The second-order valence-corrected chi connectivity index (χ2v) is 7.67. The topological polar surface area (TPSA) is 40.1 Å². The van der Waals surface area contributed by atoms with E-state index in [9.17, 15) is 13.2 Å². The average Bonchev–Trinajstić information content (AvgIpc) is 3.19. The molecule has 5 nitrogen and oxygen atoms in total. The van der Waals surface area contributed by atoms with Gasteiger partial charge in [0.25, 0.3) is 0 Å². The van der Waals surface area contributed by atoms with Crippen LogP contribution in [-0.2, 0) is 10.9 Å². The number of hydrogen-bond acceptors (Lipinski definition) is 3. The van der Waals surface area contributed by atoms with E-state index in [1.165, 1.54) is 12.1 Å². The number of halogens is 4. The van der Waals surface area contributed by atoms with Crippen LogP contribution in [0.15, 0.2) is 29.3 Å². The third kappa shape index (κ3) is 6.71. The molecule has 2 unspecified atom stereocenters. The Hall–Kier alpha value is -1.07. The minimum absolute atomic E-state index is 0. The summed E-state index contributed by atoms with van der Waals surface area (Å²) in [7, 11) is 0. The van der Waals surface area contributed by atoms with Gasteiger partial charge in [-0.25, -0.2) is 0 Å². The lowest BCUT2D eigenvalue weighted by atomic mass is 10.0. The molecule has 1 aromatic carbocycles. The lowest BCUT2D eigenvalue weighted by molar-refractivity contribution is -0.137. The van der Waals surface area contributed by atoms with E-state index in [2.05, 4.69) is 22.0 Å². The molecule has 2 aliphatic heterocycles. The van der Waals surface area contributed by atoms with Crippen molar-refractivity contribution in [2.75, 3.05) is 52.4 Å². The van der Waals surface area contributed by atoms with Crippen molar-refractivity contribution in [3.63, 3.8) is 0 Å². The number of nitrogens with one attached hydrogen (secondary N) is 1. The van der Waals surface area contributed by atoms with Crippen molar-refractivity contribution in [3.8, 4) is 0 Å². The summed E-state index contributed by atoms with van der Waals surface area (Å²) in [5.41, 5.74) is -0.0900. The SMILES string of the molecule is CCNC(=NCC1CCN(CC)C1)N1CCOC(c2cccc(C(F)(F)F)c2)C1.I. The first-order chi connectivity index (χ1) is 13.9. The highest BCUT2D eigenvalue weighted by Gasteiger charge is 2.32. The molecule has 170 valence electrons. The Labute approximate surface area is 194 Å². The van der Waals surface area contributed by atoms with Crippen LogP contribution in [0.1, 0.15) is 37.5 Å². The molecule has 0 spiro atoms. The van der Waals surface area contributed by atoms with Gasteiger partial charge in [0.2, 0.25) is 0 Å². The average molecular weight is 540 g/mol. The van der Waals surface area contributed by atoms with Crippen molar-refractivity contribution in [1.29, 1.82) is 0 Å². The molecule has 3 rings (SSSR count). The number of aliphatic imine (C=N–C) groups is 1. The number of guanidine groups is 1. The number of likely N-dealkylation sites (tertiary alicyclic amines) is 1. The molecule has 0 bridgehead atoms. The highest BCUT2D eigenvalue weighted by Crippen LogP contribution is 2.32. The summed E-state index contributed by atoms with van der Waals surface area (Å²) >= 11 is 0. The Balaban J connectivity index is 0.00000320. The molecule has 2 atom stereocenters. The van der Waals surface area contributed by atoms with Gasteiger partial charge in [-0.15, -0.1) is 24.0 Å². The molecule has 1 aromatic rings. The van der Waals surface area contributed by atoms with Crippen LogP contribution >= 0.6 is 24.0 Å². The summed E-state index contributed by atoms with van der Waals surface area (Å²) in [6.07, 6.45) is -3.60. The predicted molar refractivity (Wildman–Crippen MR) is 123 cm³/mol. The molecule has 30 heavy (non-hydrogen) atoms. The number of ether oxygens (including phenoxy) is 1. The highest BCUT2D eigenvalue weighted by atomic mass is 127. The van der Waals surface area contributed by atoms with Gasteiger partial charge in [0.15, 0.2) is 5.96 Å². The summed E-state index contributed by atoms with van der Waals surface area (Å²) in [6, 6.07) is 5.43. The first kappa shape index (κ1) is 25.2. The van der Waals surface area contributed by atoms with Crippen LogP contribution in [0.3, 0.4) is 0 Å². The standard InChI is InChI=1S/C21H31F3N4O.HI/c1-3-25-20(26-13-16-8-9-27(4-2)14-16)28-10-11-29-19(15-28)17-6-5-7-18(12-17)21(22,23)24;/h5-7,12,16,19H,3-4,8-11,13-15H2,1-2H3,(H,25,26);1H. The fraction of sp³-hybridized carbons (Fsp3) is 0.667. The predicted octanol–water partition coefficient (Wildman–Crippen LogP) is 4.00. The van der Waals surface area contributed by atoms with Gasteiger partial charge in [-0.05, 0) is 50.0 Å². The van der Waals surface area contributed by atoms with Crippen LogP contribution in [0.2, 0.25) is 0 Å². The zero-order valence-corrected chi connectivity index (χ0v) is 20.0. The van der Waals surface area contributed by atoms with Gasteiger partial charge in [0.05, 0.1) is 18.7 Å². The van der Waals surface area contributed by atoms with Crippen molar-refractivity contribution in [1.82, 2.24) is 15.1 Å². The number of morpholine rings is 1. The molecule has 2 saturated heterocycles. The maximum absolute atomic E-state index is 13.1. The molecule has 2 fully saturated rings. The Morgan fingerprint density at radius 3 is 2.70 bits per heavy atom. The van der Waals surface area contributed by atoms with Gasteiger partial charge in [-0.1, -0.05) is 19.1 Å². The Morgan fingerprint density at radius 1 is 1.23 bits per heavy atom. The van der Waals surface area contributed by atoms with Crippen LogP contribution in [0.5, 0.6) is 0 Å². The first-order valence-corrected chi connectivity index (χ1v) is 10.4. The molecular formula is C21H32F3IN4O. The van der Waals surface area contributed by atoms with Crippen LogP contribution in [0, 0.1) is 5.92 Å². The molecule has 1 N–H and O–H groups in total. The number of nitrogens with zero attached hydrogens (tertiary/aromatic N) is 3. The Bertz CT molecular complexity index is 701. The van der Waals surface area contributed by atoms with Crippen molar-refractivity contribution in [3.05, 3.63) is 35.4 Å². The Kier molecular flexibility index (Phi) is 9.67. The van der Waals surface area contributed by atoms with Gasteiger partial charge >= 0.3 is 6.18 Å². The van der Waals surface area contributed by atoms with Crippen LogP contribution in [-0.4, -0.2) is 68.2 Å². The van der Waals surface area contributed by atoms with Crippen LogP contribution in [0.25, 0.3) is 0 Å². The molecule has 0 amide bonds. The number of hydrogen-bond donors (Lipinski definition) is 1. The summed E-state index contributed by atoms with van der Waals surface area (Å²) in [5, 5.41) is 3.34. The quantitative estimate of drug-likeness (QED) is 0.349. The molecule has 0 aliphatic carbocycles. The van der Waals surface area contributed by atoms with Gasteiger partial charge in [-0.2, -0.15) is 13.2 Å². The Morgan fingerprint density at radius 2 is 2.03 bits per heavy atom. The zero-order valence-electron chi connectivity index (χ0n) is 17.6. The molecule has 0 saturated carbocycles.